The highest BCUT2D eigenvalue weighted by atomic mass is 79.9. The Morgan fingerprint density at radius 3 is 2.73 bits per heavy atom. The number of hydrogen-bond donors (Lipinski definition) is 0. The summed E-state index contributed by atoms with van der Waals surface area (Å²) in [7, 11) is 0. The van der Waals surface area contributed by atoms with Crippen LogP contribution < -0.4 is 0 Å². The maximum atomic E-state index is 13.5. The summed E-state index contributed by atoms with van der Waals surface area (Å²) < 4.78 is 19.2. The van der Waals surface area contributed by atoms with Crippen molar-refractivity contribution in [2.45, 2.75) is 0 Å². The first-order valence-electron chi connectivity index (χ1n) is 4.20. The topological polar surface area (TPSA) is 30.2 Å². The molecule has 0 radical (unpaired) electrons. The highest BCUT2D eigenvalue weighted by Crippen LogP contribution is 2.31. The van der Waals surface area contributed by atoms with Crippen molar-refractivity contribution in [3.8, 4) is 11.3 Å². The maximum Gasteiger partial charge on any atom is 0.150 e. The summed E-state index contributed by atoms with van der Waals surface area (Å²) in [5, 5.41) is 0. The second-order valence-corrected chi connectivity index (χ2v) is 3.81. The van der Waals surface area contributed by atoms with Gasteiger partial charge in [0.2, 0.25) is 0 Å². The molecule has 0 spiro atoms. The van der Waals surface area contributed by atoms with E-state index in [1.165, 1.54) is 24.5 Å². The van der Waals surface area contributed by atoms with Crippen molar-refractivity contribution in [1.29, 1.82) is 0 Å². The monoisotopic (exact) mass is 268 g/mol. The summed E-state index contributed by atoms with van der Waals surface area (Å²) in [6.07, 6.45) is 2.12. The number of carbonyl (C=O) groups excluding carboxylic acids is 1. The van der Waals surface area contributed by atoms with E-state index >= 15 is 0 Å². The fourth-order valence-electron chi connectivity index (χ4n) is 1.28. The molecule has 0 aliphatic heterocycles. The molecule has 0 N–H and O–H groups in total. The smallest absolute Gasteiger partial charge is 0.150 e. The first-order valence-corrected chi connectivity index (χ1v) is 5.00. The van der Waals surface area contributed by atoms with Crippen molar-refractivity contribution in [2.75, 3.05) is 0 Å². The van der Waals surface area contributed by atoms with E-state index in [0.717, 1.165) is 0 Å². The zero-order valence-corrected chi connectivity index (χ0v) is 9.12. The van der Waals surface area contributed by atoms with Crippen molar-refractivity contribution in [2.24, 2.45) is 0 Å². The zero-order valence-electron chi connectivity index (χ0n) is 7.54. The molecule has 0 saturated heterocycles. The molecule has 0 atom stereocenters. The highest BCUT2D eigenvalue weighted by molar-refractivity contribution is 9.10. The van der Waals surface area contributed by atoms with Crippen LogP contribution in [0.4, 0.5) is 4.39 Å². The number of furan rings is 1. The molecule has 0 bridgehead atoms. The van der Waals surface area contributed by atoms with Gasteiger partial charge in [-0.05, 0) is 40.2 Å². The van der Waals surface area contributed by atoms with E-state index < -0.39 is 5.82 Å². The summed E-state index contributed by atoms with van der Waals surface area (Å²) in [5.74, 6) is -0.0348. The quantitative estimate of drug-likeness (QED) is 0.779. The third-order valence-electron chi connectivity index (χ3n) is 1.99. The number of halogens is 2. The molecule has 4 heteroatoms. The lowest BCUT2D eigenvalue weighted by Crippen LogP contribution is -1.87. The highest BCUT2D eigenvalue weighted by Gasteiger charge is 2.12. The van der Waals surface area contributed by atoms with E-state index in [-0.39, 0.29) is 5.56 Å². The molecule has 2 rings (SSSR count). The molecule has 0 saturated carbocycles. The summed E-state index contributed by atoms with van der Waals surface area (Å²) in [6.45, 7) is 0. The number of rotatable bonds is 2. The van der Waals surface area contributed by atoms with Gasteiger partial charge in [-0.3, -0.25) is 4.79 Å². The van der Waals surface area contributed by atoms with Gasteiger partial charge in [0, 0.05) is 5.56 Å². The Morgan fingerprint density at radius 1 is 1.33 bits per heavy atom. The van der Waals surface area contributed by atoms with Gasteiger partial charge in [0.25, 0.3) is 0 Å². The molecule has 0 fully saturated rings. The third kappa shape index (κ3) is 1.85. The lowest BCUT2D eigenvalue weighted by Gasteiger charge is -2.01. The SMILES string of the molecule is O=Cc1ccc(F)c(-c2occc2Br)c1. The molecule has 2 aromatic rings. The largest absolute Gasteiger partial charge is 0.463 e. The number of carbonyl (C=O) groups is 1. The number of aldehydes is 1. The Hall–Kier alpha value is -1.42. The van der Waals surface area contributed by atoms with Crippen LogP contribution in [0.2, 0.25) is 0 Å². The second kappa shape index (κ2) is 3.98. The average molecular weight is 269 g/mol. The average Bonchev–Trinajstić information content (AvgIpc) is 2.65. The van der Waals surface area contributed by atoms with Gasteiger partial charge in [-0.1, -0.05) is 0 Å². The van der Waals surface area contributed by atoms with Crippen LogP contribution in [0.1, 0.15) is 10.4 Å². The summed E-state index contributed by atoms with van der Waals surface area (Å²) in [4.78, 5) is 10.6. The van der Waals surface area contributed by atoms with Crippen LogP contribution in [0.5, 0.6) is 0 Å². The van der Waals surface area contributed by atoms with Crippen molar-refractivity contribution in [3.63, 3.8) is 0 Å². The molecule has 1 heterocycles. The van der Waals surface area contributed by atoms with E-state index in [4.69, 9.17) is 4.42 Å². The maximum absolute atomic E-state index is 13.5. The Labute approximate surface area is 93.8 Å². The lowest BCUT2D eigenvalue weighted by molar-refractivity contribution is 0.112. The molecule has 1 aromatic carbocycles. The van der Waals surface area contributed by atoms with Crippen LogP contribution in [-0.2, 0) is 0 Å². The molecular formula is C11H6BrFO2. The standard InChI is InChI=1S/C11H6BrFO2/c12-9-3-4-15-11(9)8-5-7(6-14)1-2-10(8)13/h1-6H. The zero-order chi connectivity index (χ0) is 10.8. The van der Waals surface area contributed by atoms with E-state index in [1.807, 2.05) is 0 Å². The second-order valence-electron chi connectivity index (χ2n) is 2.95. The van der Waals surface area contributed by atoms with Gasteiger partial charge in [0.05, 0.1) is 16.3 Å². The summed E-state index contributed by atoms with van der Waals surface area (Å²) in [5.41, 5.74) is 0.686. The molecule has 0 aliphatic rings. The minimum atomic E-state index is -0.420. The van der Waals surface area contributed by atoms with Crippen LogP contribution >= 0.6 is 15.9 Å². The minimum Gasteiger partial charge on any atom is -0.463 e. The fraction of sp³-hybridized carbons (Fsp3) is 0. The first-order chi connectivity index (χ1) is 7.22. The van der Waals surface area contributed by atoms with Gasteiger partial charge in [0.15, 0.2) is 5.76 Å². The van der Waals surface area contributed by atoms with E-state index in [2.05, 4.69) is 15.9 Å². The summed E-state index contributed by atoms with van der Waals surface area (Å²) >= 11 is 3.23. The van der Waals surface area contributed by atoms with Gasteiger partial charge in [0.1, 0.15) is 12.1 Å². The number of hydrogen-bond acceptors (Lipinski definition) is 2. The molecular weight excluding hydrogens is 263 g/mol. The van der Waals surface area contributed by atoms with E-state index in [1.54, 1.807) is 6.07 Å². The predicted octanol–water partition coefficient (Wildman–Crippen LogP) is 3.66. The fourth-order valence-corrected chi connectivity index (χ4v) is 1.69. The van der Waals surface area contributed by atoms with E-state index in [9.17, 15) is 9.18 Å². The normalized spacial score (nSPS) is 10.3. The van der Waals surface area contributed by atoms with Gasteiger partial charge < -0.3 is 4.42 Å². The molecule has 0 aliphatic carbocycles. The molecule has 15 heavy (non-hydrogen) atoms. The van der Waals surface area contributed by atoms with Gasteiger partial charge in [-0.15, -0.1) is 0 Å². The lowest BCUT2D eigenvalue weighted by atomic mass is 10.1. The third-order valence-corrected chi connectivity index (χ3v) is 2.61. The van der Waals surface area contributed by atoms with E-state index in [0.29, 0.717) is 22.1 Å². The predicted molar refractivity (Wildman–Crippen MR) is 57.2 cm³/mol. The van der Waals surface area contributed by atoms with Gasteiger partial charge in [-0.25, -0.2) is 4.39 Å². The molecule has 2 nitrogen and oxygen atoms in total. The molecule has 0 amide bonds. The Balaban J connectivity index is 2.61. The molecule has 0 unspecified atom stereocenters. The summed E-state index contributed by atoms with van der Waals surface area (Å²) in [6, 6.07) is 5.78. The Bertz CT molecular complexity index is 505. The van der Waals surface area contributed by atoms with Gasteiger partial charge >= 0.3 is 0 Å². The first kappa shape index (κ1) is 10.1. The van der Waals surface area contributed by atoms with Crippen LogP contribution in [0.25, 0.3) is 11.3 Å². The Kier molecular flexibility index (Phi) is 2.68. The minimum absolute atomic E-state index is 0.275. The Morgan fingerprint density at radius 2 is 2.13 bits per heavy atom. The van der Waals surface area contributed by atoms with Crippen molar-refractivity contribution >= 4 is 22.2 Å². The van der Waals surface area contributed by atoms with Gasteiger partial charge in [-0.2, -0.15) is 0 Å². The van der Waals surface area contributed by atoms with Crippen molar-refractivity contribution in [3.05, 3.63) is 46.4 Å². The molecule has 1 aromatic heterocycles. The van der Waals surface area contributed by atoms with Crippen LogP contribution in [0.15, 0.2) is 39.4 Å². The van der Waals surface area contributed by atoms with Crippen LogP contribution in [0, 0.1) is 5.82 Å². The number of benzene rings is 1. The molecule has 76 valence electrons. The van der Waals surface area contributed by atoms with Crippen molar-refractivity contribution < 1.29 is 13.6 Å². The van der Waals surface area contributed by atoms with Crippen LogP contribution in [0.3, 0.4) is 0 Å². The van der Waals surface area contributed by atoms with Crippen LogP contribution in [-0.4, -0.2) is 6.29 Å². The van der Waals surface area contributed by atoms with Crippen molar-refractivity contribution in [1.82, 2.24) is 0 Å².